The van der Waals surface area contributed by atoms with Gasteiger partial charge in [-0.25, -0.2) is 0 Å². The summed E-state index contributed by atoms with van der Waals surface area (Å²) in [6.45, 7) is 7.34. The zero-order valence-corrected chi connectivity index (χ0v) is 19.2. The number of nitrogens with one attached hydrogen (secondary N) is 1. The fourth-order valence-corrected chi connectivity index (χ4v) is 4.68. The summed E-state index contributed by atoms with van der Waals surface area (Å²) >= 11 is 0. The van der Waals surface area contributed by atoms with Gasteiger partial charge in [-0.1, -0.05) is 85.8 Å². The second-order valence-electron chi connectivity index (χ2n) is 8.40. The molecule has 1 N–H and O–H groups in total. The zero-order chi connectivity index (χ0) is 22.5. The van der Waals surface area contributed by atoms with Gasteiger partial charge in [0.2, 0.25) is 5.91 Å². The Bertz CT molecular complexity index is 1180. The van der Waals surface area contributed by atoms with Crippen LogP contribution < -0.4 is 5.32 Å². The lowest BCUT2D eigenvalue weighted by Gasteiger charge is -2.20. The van der Waals surface area contributed by atoms with Crippen molar-refractivity contribution in [1.29, 1.82) is 0 Å². The molecule has 3 nitrogen and oxygen atoms in total. The Morgan fingerprint density at radius 1 is 0.875 bits per heavy atom. The minimum atomic E-state index is -0.0243. The first-order valence-electron chi connectivity index (χ1n) is 11.6. The molecule has 4 aromatic rings. The molecule has 0 aliphatic carbocycles. The Labute approximate surface area is 191 Å². The zero-order valence-electron chi connectivity index (χ0n) is 19.2. The Hall–Kier alpha value is -3.33. The van der Waals surface area contributed by atoms with Gasteiger partial charge in [-0.2, -0.15) is 0 Å². The second-order valence-corrected chi connectivity index (χ2v) is 8.40. The molecule has 2 atom stereocenters. The number of aromatic nitrogens is 1. The highest BCUT2D eigenvalue weighted by atomic mass is 16.1. The van der Waals surface area contributed by atoms with Crippen LogP contribution in [0.5, 0.6) is 0 Å². The van der Waals surface area contributed by atoms with Crippen LogP contribution in [0.1, 0.15) is 61.4 Å². The molecule has 0 fully saturated rings. The predicted molar refractivity (Wildman–Crippen MR) is 133 cm³/mol. The lowest BCUT2D eigenvalue weighted by Crippen LogP contribution is -2.28. The van der Waals surface area contributed by atoms with E-state index in [2.05, 4.69) is 84.5 Å². The Morgan fingerprint density at radius 2 is 1.53 bits per heavy atom. The number of benzene rings is 3. The molecular formula is C29H32N2O. The molecule has 0 radical (unpaired) electrons. The SMILES string of the molecule is CCc1cccc2c(C(CC(=O)NC(C)c3ccccc3)c3ccccc3)cn(CC)c12. The molecule has 0 aliphatic heterocycles. The lowest BCUT2D eigenvalue weighted by molar-refractivity contribution is -0.121. The number of hydrogen-bond donors (Lipinski definition) is 1. The van der Waals surface area contributed by atoms with Gasteiger partial charge in [0, 0.05) is 30.5 Å². The standard InChI is InChI=1S/C29H32N2O/c1-4-22-17-12-18-25-27(20-31(5-2)29(22)25)26(24-15-10-7-11-16-24)19-28(32)30-21(3)23-13-8-6-9-14-23/h6-18,20-21,26H,4-5,19H2,1-3H3,(H,30,32). The Morgan fingerprint density at radius 3 is 2.16 bits per heavy atom. The number of nitrogens with zero attached hydrogens (tertiary/aromatic N) is 1. The van der Waals surface area contributed by atoms with Crippen molar-refractivity contribution in [2.45, 2.75) is 52.1 Å². The maximum absolute atomic E-state index is 13.2. The van der Waals surface area contributed by atoms with Crippen molar-refractivity contribution < 1.29 is 4.79 Å². The van der Waals surface area contributed by atoms with Crippen molar-refractivity contribution in [2.75, 3.05) is 0 Å². The number of carbonyl (C=O) groups excluding carboxylic acids is 1. The van der Waals surface area contributed by atoms with E-state index < -0.39 is 0 Å². The molecule has 0 saturated heterocycles. The molecule has 3 heteroatoms. The average Bonchev–Trinajstić information content (AvgIpc) is 3.22. The molecule has 0 spiro atoms. The van der Waals surface area contributed by atoms with Gasteiger partial charge in [0.25, 0.3) is 0 Å². The number of hydrogen-bond acceptors (Lipinski definition) is 1. The van der Waals surface area contributed by atoms with E-state index in [1.807, 2.05) is 31.2 Å². The van der Waals surface area contributed by atoms with Crippen LogP contribution in [0.15, 0.2) is 85.1 Å². The summed E-state index contributed by atoms with van der Waals surface area (Å²) in [6.07, 6.45) is 3.67. The number of carbonyl (C=O) groups is 1. The van der Waals surface area contributed by atoms with E-state index in [-0.39, 0.29) is 17.9 Å². The van der Waals surface area contributed by atoms with Crippen LogP contribution in [0.3, 0.4) is 0 Å². The summed E-state index contributed by atoms with van der Waals surface area (Å²) in [5.41, 5.74) is 6.17. The van der Waals surface area contributed by atoms with Crippen molar-refractivity contribution in [1.82, 2.24) is 9.88 Å². The second kappa shape index (κ2) is 9.86. The number of aryl methyl sites for hydroxylation is 2. The largest absolute Gasteiger partial charge is 0.350 e. The molecule has 0 bridgehead atoms. The van der Waals surface area contributed by atoms with E-state index in [1.54, 1.807) is 0 Å². The average molecular weight is 425 g/mol. The molecule has 0 saturated carbocycles. The number of para-hydroxylation sites is 1. The molecule has 164 valence electrons. The van der Waals surface area contributed by atoms with Gasteiger partial charge < -0.3 is 9.88 Å². The van der Waals surface area contributed by atoms with E-state index in [0.717, 1.165) is 18.5 Å². The number of fused-ring (bicyclic) bond motifs is 1. The third-order valence-electron chi connectivity index (χ3n) is 6.38. The van der Waals surface area contributed by atoms with Gasteiger partial charge in [0.05, 0.1) is 11.6 Å². The van der Waals surface area contributed by atoms with Crippen LogP contribution >= 0.6 is 0 Å². The summed E-state index contributed by atoms with van der Waals surface area (Å²) in [7, 11) is 0. The highest BCUT2D eigenvalue weighted by molar-refractivity contribution is 5.89. The summed E-state index contributed by atoms with van der Waals surface area (Å²) in [5, 5.41) is 4.47. The smallest absolute Gasteiger partial charge is 0.221 e. The maximum atomic E-state index is 13.2. The molecule has 1 heterocycles. The Kier molecular flexibility index (Phi) is 6.75. The summed E-state index contributed by atoms with van der Waals surface area (Å²) in [4.78, 5) is 13.2. The first kappa shape index (κ1) is 21.9. The van der Waals surface area contributed by atoms with Crippen LogP contribution in [0.2, 0.25) is 0 Å². The van der Waals surface area contributed by atoms with Crippen LogP contribution in [0, 0.1) is 0 Å². The normalized spacial score (nSPS) is 13.1. The van der Waals surface area contributed by atoms with Crippen molar-refractivity contribution in [3.05, 3.63) is 107 Å². The molecule has 3 aromatic carbocycles. The Balaban J connectivity index is 1.71. The minimum Gasteiger partial charge on any atom is -0.350 e. The van der Waals surface area contributed by atoms with Gasteiger partial charge in [0.1, 0.15) is 0 Å². The van der Waals surface area contributed by atoms with Gasteiger partial charge in [-0.3, -0.25) is 4.79 Å². The predicted octanol–water partition coefficient (Wildman–Crippen LogP) is 6.62. The summed E-state index contributed by atoms with van der Waals surface area (Å²) < 4.78 is 2.34. The van der Waals surface area contributed by atoms with E-state index >= 15 is 0 Å². The van der Waals surface area contributed by atoms with E-state index in [4.69, 9.17) is 0 Å². The monoisotopic (exact) mass is 424 g/mol. The molecule has 32 heavy (non-hydrogen) atoms. The van der Waals surface area contributed by atoms with Crippen molar-refractivity contribution in [2.24, 2.45) is 0 Å². The molecule has 1 amide bonds. The van der Waals surface area contributed by atoms with E-state index in [1.165, 1.54) is 27.6 Å². The molecule has 1 aromatic heterocycles. The van der Waals surface area contributed by atoms with Gasteiger partial charge >= 0.3 is 0 Å². The highest BCUT2D eigenvalue weighted by Gasteiger charge is 2.24. The first-order chi connectivity index (χ1) is 15.6. The third-order valence-corrected chi connectivity index (χ3v) is 6.38. The minimum absolute atomic E-state index is 0.00146. The van der Waals surface area contributed by atoms with Crippen LogP contribution in [-0.2, 0) is 17.8 Å². The third kappa shape index (κ3) is 4.47. The van der Waals surface area contributed by atoms with Gasteiger partial charge in [0.15, 0.2) is 0 Å². The topological polar surface area (TPSA) is 34.0 Å². The maximum Gasteiger partial charge on any atom is 0.221 e. The van der Waals surface area contributed by atoms with Crippen LogP contribution in [0.4, 0.5) is 0 Å². The van der Waals surface area contributed by atoms with Crippen molar-refractivity contribution >= 4 is 16.8 Å². The van der Waals surface area contributed by atoms with E-state index in [9.17, 15) is 4.79 Å². The first-order valence-corrected chi connectivity index (χ1v) is 11.6. The fourth-order valence-electron chi connectivity index (χ4n) is 4.68. The van der Waals surface area contributed by atoms with Crippen LogP contribution in [0.25, 0.3) is 10.9 Å². The fraction of sp³-hybridized carbons (Fsp3) is 0.276. The van der Waals surface area contributed by atoms with Gasteiger partial charge in [-0.05, 0) is 42.5 Å². The molecule has 4 rings (SSSR count). The highest BCUT2D eigenvalue weighted by Crippen LogP contribution is 2.36. The lowest BCUT2D eigenvalue weighted by atomic mass is 9.87. The quantitative estimate of drug-likeness (QED) is 0.339. The molecule has 2 unspecified atom stereocenters. The van der Waals surface area contributed by atoms with Crippen LogP contribution in [-0.4, -0.2) is 10.5 Å². The molecular weight excluding hydrogens is 392 g/mol. The number of rotatable bonds is 8. The van der Waals surface area contributed by atoms with Crippen molar-refractivity contribution in [3.8, 4) is 0 Å². The summed E-state index contributed by atoms with van der Waals surface area (Å²) in [5.74, 6) is 0.0702. The van der Waals surface area contributed by atoms with E-state index in [0.29, 0.717) is 6.42 Å². The summed E-state index contributed by atoms with van der Waals surface area (Å²) in [6, 6.07) is 27.1. The van der Waals surface area contributed by atoms with Gasteiger partial charge in [-0.15, -0.1) is 0 Å². The molecule has 0 aliphatic rings. The number of amides is 1. The van der Waals surface area contributed by atoms with Crippen molar-refractivity contribution in [3.63, 3.8) is 0 Å².